The summed E-state index contributed by atoms with van der Waals surface area (Å²) in [5.74, 6) is 0.912. The normalized spacial score (nSPS) is 11.2. The number of unbranched alkanes of at least 4 members (excludes halogenated alkanes) is 1. The highest BCUT2D eigenvalue weighted by Gasteiger charge is 2.13. The van der Waals surface area contributed by atoms with E-state index in [1.54, 1.807) is 41.2 Å². The summed E-state index contributed by atoms with van der Waals surface area (Å²) in [5, 5.41) is 12.4. The van der Waals surface area contributed by atoms with Crippen LogP contribution in [-0.2, 0) is 6.42 Å². The monoisotopic (exact) mass is 476 g/mol. The summed E-state index contributed by atoms with van der Waals surface area (Å²) < 4.78 is 5.68. The van der Waals surface area contributed by atoms with Gasteiger partial charge in [-0.05, 0) is 72.9 Å². The van der Waals surface area contributed by atoms with Gasteiger partial charge in [0.1, 0.15) is 16.8 Å². The first-order chi connectivity index (χ1) is 16.4. The van der Waals surface area contributed by atoms with Crippen molar-refractivity contribution >= 4 is 34.2 Å². The molecule has 0 atom stereocenters. The number of aryl methyl sites for hydroxylation is 1. The third-order valence-corrected chi connectivity index (χ3v) is 5.72. The molecule has 1 N–H and O–H groups in total. The van der Waals surface area contributed by atoms with Gasteiger partial charge >= 0.3 is 0 Å². The van der Waals surface area contributed by atoms with E-state index in [4.69, 9.17) is 16.3 Å². The van der Waals surface area contributed by atoms with Crippen molar-refractivity contribution in [2.45, 2.75) is 40.0 Å². The van der Waals surface area contributed by atoms with Crippen LogP contribution in [0.1, 0.15) is 49.5 Å². The van der Waals surface area contributed by atoms with Crippen molar-refractivity contribution in [3.8, 4) is 11.4 Å². The fraction of sp³-hybridized carbons (Fsp3) is 0.296. The second-order valence-corrected chi connectivity index (χ2v) is 9.17. The number of nitrogens with zero attached hydrogens (tertiary/aromatic N) is 3. The second kappa shape index (κ2) is 10.7. The molecular formula is C27H29ClN4O2. The Morgan fingerprint density at radius 2 is 1.71 bits per heavy atom. The average molecular weight is 477 g/mol. The van der Waals surface area contributed by atoms with Gasteiger partial charge < -0.3 is 10.1 Å². The summed E-state index contributed by atoms with van der Waals surface area (Å²) in [5.41, 5.74) is 4.48. The Morgan fingerprint density at radius 1 is 1.03 bits per heavy atom. The van der Waals surface area contributed by atoms with E-state index in [1.807, 2.05) is 12.1 Å². The van der Waals surface area contributed by atoms with E-state index in [1.165, 1.54) is 18.4 Å². The average Bonchev–Trinajstić information content (AvgIpc) is 3.24. The topological polar surface area (TPSA) is 69.0 Å². The number of halogens is 1. The molecule has 34 heavy (non-hydrogen) atoms. The lowest BCUT2D eigenvalue weighted by Gasteiger charge is -2.10. The minimum Gasteiger partial charge on any atom is -0.493 e. The lowest BCUT2D eigenvalue weighted by atomic mass is 10.1. The molecule has 0 spiro atoms. The molecule has 6 nitrogen and oxygen atoms in total. The molecule has 0 saturated carbocycles. The van der Waals surface area contributed by atoms with Gasteiger partial charge in [-0.15, -0.1) is 10.2 Å². The van der Waals surface area contributed by atoms with Gasteiger partial charge in [0.05, 0.1) is 23.0 Å². The summed E-state index contributed by atoms with van der Waals surface area (Å²) in [6, 6.07) is 18.8. The van der Waals surface area contributed by atoms with E-state index in [-0.39, 0.29) is 5.91 Å². The smallest absolute Gasteiger partial charge is 0.255 e. The molecule has 0 saturated heterocycles. The first kappa shape index (κ1) is 23.8. The maximum absolute atomic E-state index is 12.8. The Hall–Kier alpha value is -3.38. The second-order valence-electron chi connectivity index (χ2n) is 8.76. The molecule has 0 bridgehead atoms. The number of anilines is 1. The molecule has 1 amide bonds. The fourth-order valence-electron chi connectivity index (χ4n) is 3.49. The lowest BCUT2D eigenvalue weighted by molar-refractivity contribution is 0.102. The Labute approximate surface area is 204 Å². The molecule has 176 valence electrons. The zero-order valence-corrected chi connectivity index (χ0v) is 20.5. The van der Waals surface area contributed by atoms with E-state index in [0.29, 0.717) is 39.8 Å². The highest BCUT2D eigenvalue weighted by molar-refractivity contribution is 6.34. The molecule has 0 radical (unpaired) electrons. The quantitative estimate of drug-likeness (QED) is 0.291. The number of aromatic nitrogens is 3. The highest BCUT2D eigenvalue weighted by atomic mass is 35.5. The van der Waals surface area contributed by atoms with Crippen LogP contribution in [0, 0.1) is 5.92 Å². The standard InChI is InChI=1S/C27H29ClN4O2/c1-4-5-6-19-7-11-21(12-8-19)32-30-25-15-23(28)24(16-26(25)31-32)29-27(33)20-9-13-22(14-10-20)34-17-18(2)3/h7-16,18H,4-6,17H2,1-3H3,(H,29,33). The van der Waals surface area contributed by atoms with Gasteiger partial charge in [-0.1, -0.05) is 50.9 Å². The third-order valence-electron chi connectivity index (χ3n) is 5.40. The van der Waals surface area contributed by atoms with Crippen molar-refractivity contribution in [1.29, 1.82) is 0 Å². The molecule has 0 aliphatic heterocycles. The molecule has 4 aromatic rings. The van der Waals surface area contributed by atoms with Crippen molar-refractivity contribution in [2.75, 3.05) is 11.9 Å². The van der Waals surface area contributed by atoms with Gasteiger partial charge in [-0.3, -0.25) is 4.79 Å². The number of fused-ring (bicyclic) bond motifs is 1. The molecule has 7 heteroatoms. The summed E-state index contributed by atoms with van der Waals surface area (Å²) in [4.78, 5) is 14.4. The molecule has 1 heterocycles. The number of benzene rings is 3. The van der Waals surface area contributed by atoms with Crippen LogP contribution in [-0.4, -0.2) is 27.5 Å². The number of carbonyl (C=O) groups excluding carboxylic acids is 1. The van der Waals surface area contributed by atoms with Crippen LogP contribution in [0.15, 0.2) is 60.7 Å². The SMILES string of the molecule is CCCCc1ccc(-n2nc3cc(Cl)c(NC(=O)c4ccc(OCC(C)C)cc4)cc3n2)cc1. The molecule has 3 aromatic carbocycles. The zero-order valence-electron chi connectivity index (χ0n) is 19.7. The Bertz CT molecular complexity index is 1260. The van der Waals surface area contributed by atoms with Crippen LogP contribution in [0.2, 0.25) is 5.02 Å². The van der Waals surface area contributed by atoms with Crippen LogP contribution in [0.5, 0.6) is 5.75 Å². The summed E-state index contributed by atoms with van der Waals surface area (Å²) in [7, 11) is 0. The van der Waals surface area contributed by atoms with Gasteiger partial charge in [-0.2, -0.15) is 4.80 Å². The number of amides is 1. The Morgan fingerprint density at radius 3 is 2.35 bits per heavy atom. The first-order valence-corrected chi connectivity index (χ1v) is 12.0. The zero-order chi connectivity index (χ0) is 24.1. The van der Waals surface area contributed by atoms with Crippen molar-refractivity contribution in [3.63, 3.8) is 0 Å². The van der Waals surface area contributed by atoms with E-state index in [0.717, 1.165) is 17.9 Å². The summed E-state index contributed by atoms with van der Waals surface area (Å²) in [6.07, 6.45) is 3.41. The van der Waals surface area contributed by atoms with Gasteiger partial charge in [-0.25, -0.2) is 0 Å². The van der Waals surface area contributed by atoms with Gasteiger partial charge in [0, 0.05) is 5.56 Å². The number of nitrogens with one attached hydrogen (secondary N) is 1. The molecule has 0 aliphatic carbocycles. The van der Waals surface area contributed by atoms with Crippen LogP contribution in [0.25, 0.3) is 16.7 Å². The molecule has 0 unspecified atom stereocenters. The van der Waals surface area contributed by atoms with E-state index >= 15 is 0 Å². The number of carbonyl (C=O) groups is 1. The van der Waals surface area contributed by atoms with Crippen LogP contribution in [0.3, 0.4) is 0 Å². The van der Waals surface area contributed by atoms with Crippen LogP contribution < -0.4 is 10.1 Å². The van der Waals surface area contributed by atoms with Gasteiger partial charge in [0.15, 0.2) is 0 Å². The van der Waals surface area contributed by atoms with Crippen molar-refractivity contribution in [3.05, 3.63) is 76.8 Å². The van der Waals surface area contributed by atoms with E-state index in [2.05, 4.69) is 48.4 Å². The summed E-state index contributed by atoms with van der Waals surface area (Å²) >= 11 is 6.44. The van der Waals surface area contributed by atoms with Crippen LogP contribution in [0.4, 0.5) is 5.69 Å². The lowest BCUT2D eigenvalue weighted by Crippen LogP contribution is -2.12. The number of hydrogen-bond donors (Lipinski definition) is 1. The largest absolute Gasteiger partial charge is 0.493 e. The minimum absolute atomic E-state index is 0.258. The maximum atomic E-state index is 12.8. The molecular weight excluding hydrogens is 448 g/mol. The summed E-state index contributed by atoms with van der Waals surface area (Å²) in [6.45, 7) is 7.00. The van der Waals surface area contributed by atoms with Crippen LogP contribution >= 0.6 is 11.6 Å². The number of ether oxygens (including phenoxy) is 1. The Kier molecular flexibility index (Phi) is 7.48. The first-order valence-electron chi connectivity index (χ1n) is 11.6. The third kappa shape index (κ3) is 5.75. The number of hydrogen-bond acceptors (Lipinski definition) is 4. The minimum atomic E-state index is -0.258. The fourth-order valence-corrected chi connectivity index (χ4v) is 3.69. The molecule has 0 aliphatic rings. The molecule has 4 rings (SSSR count). The number of rotatable bonds is 9. The van der Waals surface area contributed by atoms with Gasteiger partial charge in [0.2, 0.25) is 0 Å². The van der Waals surface area contributed by atoms with Gasteiger partial charge in [0.25, 0.3) is 5.91 Å². The molecule has 1 aromatic heterocycles. The predicted molar refractivity (Wildman–Crippen MR) is 137 cm³/mol. The highest BCUT2D eigenvalue weighted by Crippen LogP contribution is 2.28. The van der Waals surface area contributed by atoms with Crippen molar-refractivity contribution in [1.82, 2.24) is 15.0 Å². The Balaban J connectivity index is 1.49. The van der Waals surface area contributed by atoms with E-state index < -0.39 is 0 Å². The molecule has 0 fully saturated rings. The maximum Gasteiger partial charge on any atom is 0.255 e. The van der Waals surface area contributed by atoms with E-state index in [9.17, 15) is 4.79 Å². The predicted octanol–water partition coefficient (Wildman–Crippen LogP) is 6.70. The van der Waals surface area contributed by atoms with Crippen molar-refractivity contribution < 1.29 is 9.53 Å². The van der Waals surface area contributed by atoms with Crippen molar-refractivity contribution in [2.24, 2.45) is 5.92 Å².